The quantitative estimate of drug-likeness (QED) is 0.642. The molecule has 0 aliphatic carbocycles. The van der Waals surface area contributed by atoms with Gasteiger partial charge in [0, 0.05) is 42.8 Å². The Bertz CT molecular complexity index is 1090. The maximum atomic E-state index is 12.8. The molecule has 1 fully saturated rings. The molecule has 1 aliphatic heterocycles. The molecule has 0 bridgehead atoms. The van der Waals surface area contributed by atoms with Gasteiger partial charge in [-0.15, -0.1) is 0 Å². The summed E-state index contributed by atoms with van der Waals surface area (Å²) in [5.41, 5.74) is 0.891. The molecule has 0 saturated carbocycles. The van der Waals surface area contributed by atoms with Crippen molar-refractivity contribution < 1.29 is 13.5 Å². The molecule has 3 aromatic rings. The zero-order valence-electron chi connectivity index (χ0n) is 15.3. The number of sulfonamides is 1. The standard InChI is InChI=1S/C21H21BrN2O3S/c22-17-6-8-18(9-7-17)28(26,27)24-13-11-23(12-14-24)15-20-19-4-2-1-3-16(19)5-10-21(20)25/h1-10,25H,11-15H2. The van der Waals surface area contributed by atoms with Gasteiger partial charge in [0.15, 0.2) is 0 Å². The Labute approximate surface area is 173 Å². The van der Waals surface area contributed by atoms with Crippen LogP contribution in [0.4, 0.5) is 0 Å². The summed E-state index contributed by atoms with van der Waals surface area (Å²) in [5.74, 6) is 0.281. The highest BCUT2D eigenvalue weighted by atomic mass is 79.9. The monoisotopic (exact) mass is 460 g/mol. The third kappa shape index (κ3) is 3.80. The summed E-state index contributed by atoms with van der Waals surface area (Å²) in [6, 6.07) is 18.4. The molecule has 3 aromatic carbocycles. The van der Waals surface area contributed by atoms with E-state index < -0.39 is 10.0 Å². The van der Waals surface area contributed by atoms with Gasteiger partial charge >= 0.3 is 0 Å². The molecule has 28 heavy (non-hydrogen) atoms. The minimum atomic E-state index is -3.48. The van der Waals surface area contributed by atoms with Crippen LogP contribution in [0.2, 0.25) is 0 Å². The first-order valence-electron chi connectivity index (χ1n) is 9.13. The Morgan fingerprint density at radius 3 is 2.29 bits per heavy atom. The number of aromatic hydroxyl groups is 1. The van der Waals surface area contributed by atoms with Crippen molar-refractivity contribution in [1.29, 1.82) is 0 Å². The van der Waals surface area contributed by atoms with E-state index in [0.29, 0.717) is 37.6 Å². The van der Waals surface area contributed by atoms with Crippen LogP contribution in [0.25, 0.3) is 10.8 Å². The first-order valence-corrected chi connectivity index (χ1v) is 11.4. The molecule has 0 atom stereocenters. The third-order valence-electron chi connectivity index (χ3n) is 5.18. The summed E-state index contributed by atoms with van der Waals surface area (Å²) in [6.07, 6.45) is 0. The number of phenols is 1. The van der Waals surface area contributed by atoms with E-state index in [0.717, 1.165) is 20.8 Å². The number of fused-ring (bicyclic) bond motifs is 1. The number of nitrogens with zero attached hydrogens (tertiary/aromatic N) is 2. The average Bonchev–Trinajstić information content (AvgIpc) is 2.71. The van der Waals surface area contributed by atoms with Crippen molar-refractivity contribution >= 4 is 36.7 Å². The van der Waals surface area contributed by atoms with E-state index in [2.05, 4.69) is 20.8 Å². The van der Waals surface area contributed by atoms with Crippen molar-refractivity contribution in [2.75, 3.05) is 26.2 Å². The average molecular weight is 461 g/mol. The van der Waals surface area contributed by atoms with E-state index in [1.807, 2.05) is 30.3 Å². The fourth-order valence-electron chi connectivity index (χ4n) is 3.60. The summed E-state index contributed by atoms with van der Waals surface area (Å²) in [6.45, 7) is 2.71. The van der Waals surface area contributed by atoms with Crippen LogP contribution in [-0.4, -0.2) is 48.9 Å². The second-order valence-corrected chi connectivity index (χ2v) is 9.77. The molecule has 0 spiro atoms. The van der Waals surface area contributed by atoms with Crippen LogP contribution in [0, 0.1) is 0 Å². The molecule has 146 valence electrons. The number of phenolic OH excluding ortho intramolecular Hbond substituents is 1. The van der Waals surface area contributed by atoms with Gasteiger partial charge < -0.3 is 5.11 Å². The molecule has 0 unspecified atom stereocenters. The van der Waals surface area contributed by atoms with E-state index in [1.54, 1.807) is 30.3 Å². The Morgan fingerprint density at radius 1 is 0.893 bits per heavy atom. The van der Waals surface area contributed by atoms with Crippen LogP contribution in [0.3, 0.4) is 0 Å². The van der Waals surface area contributed by atoms with Gasteiger partial charge in [0.2, 0.25) is 10.0 Å². The first kappa shape index (κ1) is 19.4. The highest BCUT2D eigenvalue weighted by Gasteiger charge is 2.28. The number of hydrogen-bond donors (Lipinski definition) is 1. The number of halogens is 1. The van der Waals surface area contributed by atoms with Gasteiger partial charge in [-0.1, -0.05) is 46.3 Å². The molecule has 0 aromatic heterocycles. The highest BCUT2D eigenvalue weighted by molar-refractivity contribution is 9.10. The van der Waals surface area contributed by atoms with Gasteiger partial charge in [-0.2, -0.15) is 4.31 Å². The first-order chi connectivity index (χ1) is 13.4. The Balaban J connectivity index is 1.48. The molecule has 1 heterocycles. The molecular weight excluding hydrogens is 440 g/mol. The van der Waals surface area contributed by atoms with Crippen LogP contribution in [0.5, 0.6) is 5.75 Å². The zero-order chi connectivity index (χ0) is 19.7. The lowest BCUT2D eigenvalue weighted by Gasteiger charge is -2.34. The van der Waals surface area contributed by atoms with Gasteiger partial charge in [0.25, 0.3) is 0 Å². The molecule has 1 saturated heterocycles. The van der Waals surface area contributed by atoms with E-state index in [9.17, 15) is 13.5 Å². The minimum absolute atomic E-state index is 0.281. The van der Waals surface area contributed by atoms with Crippen molar-refractivity contribution in [3.8, 4) is 5.75 Å². The maximum absolute atomic E-state index is 12.8. The Hall–Kier alpha value is -1.93. The fourth-order valence-corrected chi connectivity index (χ4v) is 5.28. The largest absolute Gasteiger partial charge is 0.508 e. The molecule has 4 rings (SSSR count). The second-order valence-electron chi connectivity index (χ2n) is 6.92. The summed E-state index contributed by atoms with van der Waals surface area (Å²) < 4.78 is 28.1. The summed E-state index contributed by atoms with van der Waals surface area (Å²) in [7, 11) is -3.48. The highest BCUT2D eigenvalue weighted by Crippen LogP contribution is 2.29. The molecule has 1 aliphatic rings. The van der Waals surface area contributed by atoms with Crippen molar-refractivity contribution in [3.63, 3.8) is 0 Å². The smallest absolute Gasteiger partial charge is 0.243 e. The summed E-state index contributed by atoms with van der Waals surface area (Å²) >= 11 is 3.33. The van der Waals surface area contributed by atoms with Crippen molar-refractivity contribution in [2.45, 2.75) is 11.4 Å². The second kappa shape index (κ2) is 7.83. The zero-order valence-corrected chi connectivity index (χ0v) is 17.7. The molecular formula is C21H21BrN2O3S. The summed E-state index contributed by atoms with van der Waals surface area (Å²) in [5, 5.41) is 12.5. The SMILES string of the molecule is O=S(=O)(c1ccc(Br)cc1)N1CCN(Cc2c(O)ccc3ccccc23)CC1. The van der Waals surface area contributed by atoms with Crippen LogP contribution in [0.1, 0.15) is 5.56 Å². The predicted octanol–water partition coefficient (Wildman–Crippen LogP) is 3.81. The number of benzene rings is 3. The predicted molar refractivity (Wildman–Crippen MR) is 114 cm³/mol. The van der Waals surface area contributed by atoms with Crippen LogP contribution in [0.15, 0.2) is 70.0 Å². The molecule has 1 N–H and O–H groups in total. The molecule has 0 radical (unpaired) electrons. The van der Waals surface area contributed by atoms with Crippen molar-refractivity contribution in [1.82, 2.24) is 9.21 Å². The van der Waals surface area contributed by atoms with Crippen molar-refractivity contribution in [2.24, 2.45) is 0 Å². The number of hydrogen-bond acceptors (Lipinski definition) is 4. The van der Waals surface area contributed by atoms with Crippen LogP contribution < -0.4 is 0 Å². The van der Waals surface area contributed by atoms with Gasteiger partial charge in [0.1, 0.15) is 5.75 Å². The number of rotatable bonds is 4. The van der Waals surface area contributed by atoms with Crippen LogP contribution in [-0.2, 0) is 16.6 Å². The summed E-state index contributed by atoms with van der Waals surface area (Å²) in [4.78, 5) is 2.51. The van der Waals surface area contributed by atoms with E-state index in [1.165, 1.54) is 4.31 Å². The lowest BCUT2D eigenvalue weighted by atomic mass is 10.0. The molecule has 7 heteroatoms. The normalized spacial score (nSPS) is 16.5. The van der Waals surface area contributed by atoms with Gasteiger partial charge in [0.05, 0.1) is 4.90 Å². The molecule has 0 amide bonds. The van der Waals surface area contributed by atoms with Crippen molar-refractivity contribution in [3.05, 3.63) is 70.7 Å². The van der Waals surface area contributed by atoms with Gasteiger partial charge in [-0.05, 0) is 41.1 Å². The van der Waals surface area contributed by atoms with Gasteiger partial charge in [-0.3, -0.25) is 4.90 Å². The van der Waals surface area contributed by atoms with E-state index in [-0.39, 0.29) is 5.75 Å². The molecule has 5 nitrogen and oxygen atoms in total. The third-order valence-corrected chi connectivity index (χ3v) is 7.62. The van der Waals surface area contributed by atoms with Gasteiger partial charge in [-0.25, -0.2) is 8.42 Å². The Morgan fingerprint density at radius 2 is 1.57 bits per heavy atom. The number of piperazine rings is 1. The lowest BCUT2D eigenvalue weighted by molar-refractivity contribution is 0.180. The lowest BCUT2D eigenvalue weighted by Crippen LogP contribution is -2.48. The van der Waals surface area contributed by atoms with E-state index in [4.69, 9.17) is 0 Å². The maximum Gasteiger partial charge on any atom is 0.243 e. The minimum Gasteiger partial charge on any atom is -0.508 e. The fraction of sp³-hybridized carbons (Fsp3) is 0.238. The van der Waals surface area contributed by atoms with Crippen LogP contribution >= 0.6 is 15.9 Å². The van der Waals surface area contributed by atoms with E-state index >= 15 is 0 Å². The topological polar surface area (TPSA) is 60.9 Å². The Kier molecular flexibility index (Phi) is 5.42.